The summed E-state index contributed by atoms with van der Waals surface area (Å²) in [7, 11) is 3.04. The molecule has 0 aliphatic heterocycles. The number of methoxy groups -OCH3 is 2. The number of hydrogen-bond acceptors (Lipinski definition) is 7. The largest absolute Gasteiger partial charge is 0.497 e. The first-order valence-electron chi connectivity index (χ1n) is 8.88. The number of carbonyl (C=O) groups excluding carboxylic acids is 3. The number of Topliss-reactive ketones (excluding diaryl/α,β-unsaturated/α-hetero) is 2. The van der Waals surface area contributed by atoms with Crippen LogP contribution in [0.1, 0.15) is 49.6 Å². The number of pyridine rings is 1. The first kappa shape index (κ1) is 17.9. The lowest BCUT2D eigenvalue weighted by atomic mass is 9.83. The number of benzene rings is 1. The minimum absolute atomic E-state index is 0.0917. The monoisotopic (exact) mass is 378 g/mol. The van der Waals surface area contributed by atoms with Crippen molar-refractivity contribution in [2.45, 2.75) is 19.3 Å². The Labute approximate surface area is 161 Å². The van der Waals surface area contributed by atoms with Crippen LogP contribution < -0.4 is 14.8 Å². The second-order valence-corrected chi connectivity index (χ2v) is 6.59. The summed E-state index contributed by atoms with van der Waals surface area (Å²) in [6.07, 6.45) is 4.32. The first-order chi connectivity index (χ1) is 13.5. The molecule has 7 nitrogen and oxygen atoms in total. The standard InChI is InChI=1S/C21H18N2O5/c1-27-11-6-7-18(28-2)14(8-11)23-15-9-17(25)19-12(21(15)26)10-22-13-4-3-5-16(24)20(13)19/h6-10,23H,3-5H2,1-2H3. The van der Waals surface area contributed by atoms with Crippen molar-refractivity contribution in [3.05, 3.63) is 58.6 Å². The van der Waals surface area contributed by atoms with Crippen molar-refractivity contribution >= 4 is 23.0 Å². The van der Waals surface area contributed by atoms with E-state index >= 15 is 0 Å². The zero-order valence-electron chi connectivity index (χ0n) is 15.5. The van der Waals surface area contributed by atoms with Crippen LogP contribution in [0.25, 0.3) is 0 Å². The van der Waals surface area contributed by atoms with Crippen molar-refractivity contribution in [2.75, 3.05) is 19.5 Å². The van der Waals surface area contributed by atoms with Crippen LogP contribution in [0.5, 0.6) is 11.5 Å². The van der Waals surface area contributed by atoms with Crippen molar-refractivity contribution in [3.8, 4) is 11.5 Å². The van der Waals surface area contributed by atoms with E-state index in [0.717, 1.165) is 0 Å². The number of fused-ring (bicyclic) bond motifs is 3. The van der Waals surface area contributed by atoms with Crippen LogP contribution in [-0.2, 0) is 6.42 Å². The smallest absolute Gasteiger partial charge is 0.211 e. The van der Waals surface area contributed by atoms with E-state index in [9.17, 15) is 14.4 Å². The zero-order chi connectivity index (χ0) is 19.8. The van der Waals surface area contributed by atoms with Gasteiger partial charge in [-0.1, -0.05) is 0 Å². The highest BCUT2D eigenvalue weighted by Gasteiger charge is 2.33. The maximum atomic E-state index is 13.0. The Morgan fingerprint density at radius 2 is 1.86 bits per heavy atom. The molecule has 0 fully saturated rings. The Hall–Kier alpha value is -3.48. The number of anilines is 1. The molecule has 0 amide bonds. The number of carbonyl (C=O) groups is 3. The number of nitrogens with zero attached hydrogens (tertiary/aromatic N) is 1. The van der Waals surface area contributed by atoms with Crippen molar-refractivity contribution in [1.29, 1.82) is 0 Å². The molecule has 2 aliphatic rings. The fourth-order valence-corrected chi connectivity index (χ4v) is 3.57. The van der Waals surface area contributed by atoms with Gasteiger partial charge in [0.25, 0.3) is 0 Å². The lowest BCUT2D eigenvalue weighted by Gasteiger charge is -2.22. The lowest BCUT2D eigenvalue weighted by Crippen LogP contribution is -2.27. The molecule has 1 N–H and O–H groups in total. The number of nitrogens with one attached hydrogen (secondary N) is 1. The summed E-state index contributed by atoms with van der Waals surface area (Å²) < 4.78 is 10.5. The zero-order valence-corrected chi connectivity index (χ0v) is 15.5. The molecular formula is C21H18N2O5. The van der Waals surface area contributed by atoms with E-state index in [-0.39, 0.29) is 28.4 Å². The van der Waals surface area contributed by atoms with Gasteiger partial charge in [-0.2, -0.15) is 0 Å². The van der Waals surface area contributed by atoms with E-state index < -0.39 is 5.78 Å². The van der Waals surface area contributed by atoms with Crippen LogP contribution in [0.15, 0.2) is 36.2 Å². The van der Waals surface area contributed by atoms with Gasteiger partial charge in [-0.15, -0.1) is 0 Å². The Balaban J connectivity index is 1.76. The van der Waals surface area contributed by atoms with Crippen molar-refractivity contribution in [2.24, 2.45) is 0 Å². The number of aromatic nitrogens is 1. The molecule has 0 atom stereocenters. The van der Waals surface area contributed by atoms with Gasteiger partial charge in [-0.25, -0.2) is 0 Å². The van der Waals surface area contributed by atoms with E-state index in [1.54, 1.807) is 18.2 Å². The number of hydrogen-bond donors (Lipinski definition) is 1. The normalized spacial score (nSPS) is 15.5. The molecule has 142 valence electrons. The van der Waals surface area contributed by atoms with E-state index in [2.05, 4.69) is 10.3 Å². The lowest BCUT2D eigenvalue weighted by molar-refractivity contribution is 0.0951. The summed E-state index contributed by atoms with van der Waals surface area (Å²) in [5.41, 5.74) is 1.79. The average molecular weight is 378 g/mol. The van der Waals surface area contributed by atoms with E-state index in [0.29, 0.717) is 47.7 Å². The van der Waals surface area contributed by atoms with Crippen LogP contribution in [0.2, 0.25) is 0 Å². The summed E-state index contributed by atoms with van der Waals surface area (Å²) in [6, 6.07) is 5.09. The van der Waals surface area contributed by atoms with Gasteiger partial charge in [0.1, 0.15) is 11.5 Å². The van der Waals surface area contributed by atoms with Crippen molar-refractivity contribution in [1.82, 2.24) is 4.98 Å². The van der Waals surface area contributed by atoms with E-state index in [4.69, 9.17) is 9.47 Å². The van der Waals surface area contributed by atoms with Gasteiger partial charge < -0.3 is 14.8 Å². The molecule has 2 aromatic rings. The maximum absolute atomic E-state index is 13.0. The molecule has 0 saturated heterocycles. The predicted octanol–water partition coefficient (Wildman–Crippen LogP) is 2.99. The summed E-state index contributed by atoms with van der Waals surface area (Å²) in [5.74, 6) is 0.152. The van der Waals surface area contributed by atoms with Gasteiger partial charge >= 0.3 is 0 Å². The molecular weight excluding hydrogens is 360 g/mol. The van der Waals surface area contributed by atoms with E-state index in [1.165, 1.54) is 26.5 Å². The number of allylic oxidation sites excluding steroid dienone is 2. The summed E-state index contributed by atoms with van der Waals surface area (Å²) in [4.78, 5) is 42.5. The van der Waals surface area contributed by atoms with E-state index in [1.807, 2.05) is 0 Å². The van der Waals surface area contributed by atoms with Gasteiger partial charge in [-0.3, -0.25) is 19.4 Å². The predicted molar refractivity (Wildman–Crippen MR) is 101 cm³/mol. The minimum Gasteiger partial charge on any atom is -0.497 e. The molecule has 1 heterocycles. The number of rotatable bonds is 4. The van der Waals surface area contributed by atoms with Gasteiger partial charge in [0.05, 0.1) is 42.4 Å². The highest BCUT2D eigenvalue weighted by Crippen LogP contribution is 2.33. The Morgan fingerprint density at radius 3 is 2.61 bits per heavy atom. The summed E-state index contributed by atoms with van der Waals surface area (Å²) in [5, 5.41) is 2.96. The highest BCUT2D eigenvalue weighted by molar-refractivity contribution is 6.28. The molecule has 1 aromatic heterocycles. The quantitative estimate of drug-likeness (QED) is 0.874. The average Bonchev–Trinajstić information content (AvgIpc) is 2.71. The number of ketones is 3. The Morgan fingerprint density at radius 1 is 1.04 bits per heavy atom. The molecule has 0 unspecified atom stereocenters. The molecule has 28 heavy (non-hydrogen) atoms. The third-order valence-corrected chi connectivity index (χ3v) is 4.94. The second kappa shape index (κ2) is 6.92. The molecule has 1 aromatic carbocycles. The summed E-state index contributed by atoms with van der Waals surface area (Å²) in [6.45, 7) is 0. The van der Waals surface area contributed by atoms with Crippen molar-refractivity contribution in [3.63, 3.8) is 0 Å². The van der Waals surface area contributed by atoms with Crippen molar-refractivity contribution < 1.29 is 23.9 Å². The van der Waals surface area contributed by atoms with Gasteiger partial charge in [0.2, 0.25) is 5.78 Å². The fraction of sp³-hybridized carbons (Fsp3) is 0.238. The minimum atomic E-state index is -0.395. The molecule has 4 rings (SSSR count). The molecule has 2 aliphatic carbocycles. The van der Waals surface area contributed by atoms with Gasteiger partial charge in [-0.05, 0) is 25.0 Å². The van der Waals surface area contributed by atoms with Gasteiger partial charge in [0.15, 0.2) is 11.6 Å². The van der Waals surface area contributed by atoms with Crippen LogP contribution >= 0.6 is 0 Å². The maximum Gasteiger partial charge on any atom is 0.211 e. The molecule has 0 bridgehead atoms. The third kappa shape index (κ3) is 2.85. The highest BCUT2D eigenvalue weighted by atomic mass is 16.5. The number of aryl methyl sites for hydroxylation is 1. The SMILES string of the molecule is COc1ccc(OC)c(NC2=CC(=O)c3c(cnc4c3C(=O)CCC4)C2=O)c1. The second-order valence-electron chi connectivity index (χ2n) is 6.59. The topological polar surface area (TPSA) is 94.6 Å². The molecule has 7 heteroatoms. The number of ether oxygens (including phenoxy) is 2. The fourth-order valence-electron chi connectivity index (χ4n) is 3.57. The molecule has 0 radical (unpaired) electrons. The first-order valence-corrected chi connectivity index (χ1v) is 8.88. The van der Waals surface area contributed by atoms with Crippen LogP contribution in [0, 0.1) is 0 Å². The molecule has 0 spiro atoms. The van der Waals surface area contributed by atoms with Gasteiger partial charge in [0, 0.05) is 30.3 Å². The summed E-state index contributed by atoms with van der Waals surface area (Å²) >= 11 is 0. The Bertz CT molecular complexity index is 1060. The van der Waals surface area contributed by atoms with Crippen LogP contribution in [0.3, 0.4) is 0 Å². The van der Waals surface area contributed by atoms with Crippen LogP contribution in [0.4, 0.5) is 5.69 Å². The van der Waals surface area contributed by atoms with Crippen LogP contribution in [-0.4, -0.2) is 36.6 Å². The molecule has 0 saturated carbocycles. The third-order valence-electron chi connectivity index (χ3n) is 4.94. The Kier molecular flexibility index (Phi) is 4.43.